The minimum Gasteiger partial charge on any atom is -0.192 e. The van der Waals surface area contributed by atoms with E-state index in [9.17, 15) is 0 Å². The zero-order valence-electron chi connectivity index (χ0n) is 6.39. The van der Waals surface area contributed by atoms with Gasteiger partial charge in [0.25, 0.3) is 0 Å². The first-order valence-corrected chi connectivity index (χ1v) is 3.10. The minimum atomic E-state index is 0.648. The highest BCUT2D eigenvalue weighted by Gasteiger charge is 1.85. The topological polar surface area (TPSA) is 23.8 Å². The largest absolute Gasteiger partial charge is 0.192 e. The number of hydrogen-bond acceptors (Lipinski definition) is 1. The van der Waals surface area contributed by atoms with E-state index in [-0.39, 0.29) is 0 Å². The molecule has 1 nitrogen and oxygen atoms in total. The second-order valence-electron chi connectivity index (χ2n) is 2.06. The van der Waals surface area contributed by atoms with Crippen molar-refractivity contribution in [3.63, 3.8) is 0 Å². The molecule has 0 N–H and O–H groups in total. The van der Waals surface area contributed by atoms with E-state index in [1.54, 1.807) is 12.2 Å². The van der Waals surface area contributed by atoms with Gasteiger partial charge in [-0.05, 0) is 26.0 Å². The molecule has 0 saturated carbocycles. The zero-order chi connectivity index (χ0) is 7.98. The number of rotatable bonds is 2. The molecule has 0 aliphatic rings. The van der Waals surface area contributed by atoms with Gasteiger partial charge in [-0.15, -0.1) is 0 Å². The van der Waals surface area contributed by atoms with Crippen LogP contribution in [0.15, 0.2) is 36.0 Å². The molecular weight excluding hydrogens is 122 g/mol. The highest BCUT2D eigenvalue weighted by atomic mass is 14.2. The quantitative estimate of drug-likeness (QED) is 0.419. The van der Waals surface area contributed by atoms with Crippen molar-refractivity contribution in [3.8, 4) is 6.07 Å². The molecule has 0 atom stereocenters. The highest BCUT2D eigenvalue weighted by Crippen LogP contribution is 1.99. The summed E-state index contributed by atoms with van der Waals surface area (Å²) in [5, 5.41) is 8.50. The summed E-state index contributed by atoms with van der Waals surface area (Å²) in [4.78, 5) is 0. The molecule has 10 heavy (non-hydrogen) atoms. The van der Waals surface area contributed by atoms with Crippen molar-refractivity contribution in [1.82, 2.24) is 0 Å². The van der Waals surface area contributed by atoms with Crippen LogP contribution in [0.4, 0.5) is 0 Å². The highest BCUT2D eigenvalue weighted by molar-refractivity contribution is 5.37. The summed E-state index contributed by atoms with van der Waals surface area (Å²) in [5.74, 6) is 0. The fraction of sp³-hybridized carbons (Fsp3) is 0.222. The minimum absolute atomic E-state index is 0.648. The van der Waals surface area contributed by atoms with Crippen LogP contribution in [0, 0.1) is 11.3 Å². The fourth-order valence-electron chi connectivity index (χ4n) is 0.563. The number of hydrogen-bond donors (Lipinski definition) is 0. The van der Waals surface area contributed by atoms with Crippen molar-refractivity contribution >= 4 is 0 Å². The molecule has 0 saturated heterocycles. The average molecular weight is 133 g/mol. The van der Waals surface area contributed by atoms with Gasteiger partial charge in [-0.1, -0.05) is 18.2 Å². The lowest BCUT2D eigenvalue weighted by molar-refractivity contribution is 1.46. The van der Waals surface area contributed by atoms with E-state index in [0.717, 1.165) is 5.57 Å². The summed E-state index contributed by atoms with van der Waals surface area (Å²) in [5.41, 5.74) is 1.55. The Balaban J connectivity index is 4.38. The van der Waals surface area contributed by atoms with Crippen LogP contribution < -0.4 is 0 Å². The van der Waals surface area contributed by atoms with Crippen molar-refractivity contribution in [3.05, 3.63) is 36.0 Å². The normalized spacial score (nSPS) is 11.5. The second kappa shape index (κ2) is 4.58. The van der Waals surface area contributed by atoms with Gasteiger partial charge in [0.05, 0.1) is 11.6 Å². The molecule has 0 bridgehead atoms. The van der Waals surface area contributed by atoms with Crippen molar-refractivity contribution in [2.24, 2.45) is 0 Å². The predicted molar refractivity (Wildman–Crippen MR) is 43.3 cm³/mol. The van der Waals surface area contributed by atoms with Crippen LogP contribution in [0.2, 0.25) is 0 Å². The van der Waals surface area contributed by atoms with Crippen molar-refractivity contribution in [2.45, 2.75) is 13.8 Å². The summed E-state index contributed by atoms with van der Waals surface area (Å²) in [6.07, 6.45) is 5.34. The van der Waals surface area contributed by atoms with E-state index < -0.39 is 0 Å². The number of nitriles is 1. The van der Waals surface area contributed by atoms with Gasteiger partial charge in [0, 0.05) is 0 Å². The predicted octanol–water partition coefficient (Wildman–Crippen LogP) is 2.59. The van der Waals surface area contributed by atoms with Crippen LogP contribution in [-0.2, 0) is 0 Å². The Labute approximate surface area is 62.0 Å². The molecular formula is C9H11N. The molecule has 0 aromatic carbocycles. The molecule has 52 valence electrons. The van der Waals surface area contributed by atoms with E-state index in [4.69, 9.17) is 5.26 Å². The van der Waals surface area contributed by atoms with Crippen LogP contribution >= 0.6 is 0 Å². The Morgan fingerprint density at radius 3 is 2.50 bits per heavy atom. The summed E-state index contributed by atoms with van der Waals surface area (Å²) in [6, 6.07) is 2.05. The molecule has 0 unspecified atom stereocenters. The summed E-state index contributed by atoms with van der Waals surface area (Å²) in [6.45, 7) is 7.40. The molecule has 1 heteroatoms. The van der Waals surface area contributed by atoms with E-state index in [2.05, 4.69) is 6.58 Å². The number of allylic oxidation sites excluding steroid dienone is 5. The molecule has 0 rings (SSSR count). The maximum absolute atomic E-state index is 8.50. The van der Waals surface area contributed by atoms with Crippen LogP contribution in [0.5, 0.6) is 0 Å². The van der Waals surface area contributed by atoms with Gasteiger partial charge < -0.3 is 0 Å². The van der Waals surface area contributed by atoms with Gasteiger partial charge in [0.2, 0.25) is 0 Å². The second-order valence-corrected chi connectivity index (χ2v) is 2.06. The third-order valence-electron chi connectivity index (χ3n) is 0.877. The van der Waals surface area contributed by atoms with Gasteiger partial charge in [-0.25, -0.2) is 0 Å². The molecule has 0 fully saturated rings. The first-order valence-electron chi connectivity index (χ1n) is 3.10. The Kier molecular flexibility index (Phi) is 3.99. The fourth-order valence-corrected chi connectivity index (χ4v) is 0.563. The molecule has 0 aliphatic carbocycles. The Hall–Kier alpha value is -1.29. The lowest BCUT2D eigenvalue weighted by atomic mass is 10.2. The Morgan fingerprint density at radius 1 is 1.60 bits per heavy atom. The third-order valence-corrected chi connectivity index (χ3v) is 0.877. The molecule has 0 radical (unpaired) electrons. The molecule has 0 aromatic rings. The average Bonchev–Trinajstić information content (AvgIpc) is 1.86. The van der Waals surface area contributed by atoms with Gasteiger partial charge >= 0.3 is 0 Å². The smallest absolute Gasteiger partial charge is 0.0991 e. The lowest BCUT2D eigenvalue weighted by Gasteiger charge is -1.86. The summed E-state index contributed by atoms with van der Waals surface area (Å²) in [7, 11) is 0. The van der Waals surface area contributed by atoms with Crippen LogP contribution in [0.3, 0.4) is 0 Å². The van der Waals surface area contributed by atoms with Gasteiger partial charge in [0.1, 0.15) is 0 Å². The summed E-state index contributed by atoms with van der Waals surface area (Å²) >= 11 is 0. The third kappa shape index (κ3) is 3.68. The lowest BCUT2D eigenvalue weighted by Crippen LogP contribution is -1.71. The Morgan fingerprint density at radius 2 is 2.20 bits per heavy atom. The molecule has 0 spiro atoms. The molecule has 0 heterocycles. The van der Waals surface area contributed by atoms with Crippen molar-refractivity contribution < 1.29 is 0 Å². The van der Waals surface area contributed by atoms with E-state index in [1.807, 2.05) is 26.0 Å². The first-order chi connectivity index (χ1) is 4.70. The van der Waals surface area contributed by atoms with E-state index >= 15 is 0 Å². The van der Waals surface area contributed by atoms with Gasteiger partial charge in [0.15, 0.2) is 0 Å². The van der Waals surface area contributed by atoms with Crippen molar-refractivity contribution in [1.29, 1.82) is 5.26 Å². The number of nitrogens with zero attached hydrogens (tertiary/aromatic N) is 1. The first kappa shape index (κ1) is 8.71. The maximum Gasteiger partial charge on any atom is 0.0991 e. The van der Waals surface area contributed by atoms with Gasteiger partial charge in [-0.2, -0.15) is 5.26 Å². The summed E-state index contributed by atoms with van der Waals surface area (Å²) < 4.78 is 0. The molecule has 0 amide bonds. The maximum atomic E-state index is 8.50. The van der Waals surface area contributed by atoms with Crippen LogP contribution in [0.1, 0.15) is 13.8 Å². The molecule has 0 aliphatic heterocycles. The van der Waals surface area contributed by atoms with Crippen LogP contribution in [0.25, 0.3) is 0 Å². The van der Waals surface area contributed by atoms with Crippen LogP contribution in [-0.4, -0.2) is 0 Å². The standard InChI is InChI=1S/C9H11N/c1-4-5-9(7-10)6-8(2)3/h4-6H,2H2,1,3H3. The SMILES string of the molecule is C=C(C)C=C(C#N)C=CC. The molecule has 0 aromatic heterocycles. The monoisotopic (exact) mass is 133 g/mol. The zero-order valence-corrected chi connectivity index (χ0v) is 6.39. The Bertz CT molecular complexity index is 213. The van der Waals surface area contributed by atoms with E-state index in [1.165, 1.54) is 0 Å². The van der Waals surface area contributed by atoms with E-state index in [0.29, 0.717) is 5.57 Å². The van der Waals surface area contributed by atoms with Gasteiger partial charge in [-0.3, -0.25) is 0 Å². The van der Waals surface area contributed by atoms with Crippen molar-refractivity contribution in [2.75, 3.05) is 0 Å².